The van der Waals surface area contributed by atoms with Gasteiger partial charge in [-0.15, -0.1) is 0 Å². The van der Waals surface area contributed by atoms with Crippen molar-refractivity contribution in [1.82, 2.24) is 10.2 Å². The fraction of sp³-hybridized carbons (Fsp3) is 0.370. The van der Waals surface area contributed by atoms with Crippen LogP contribution < -0.4 is 20.3 Å². The first-order chi connectivity index (χ1) is 17.0. The lowest BCUT2D eigenvalue weighted by Crippen LogP contribution is -2.48. The SMILES string of the molecule is CCN1c2cc(F)c(/C=C3/NC(=O)N(CC(=O)Nc4ccc(OC)cc4)C3=O)cc2C(C)CC1(C)C. The normalized spacial score (nSPS) is 19.8. The zero-order chi connectivity index (χ0) is 26.2. The number of rotatable bonds is 6. The Hall–Kier alpha value is -3.88. The number of anilines is 2. The van der Waals surface area contributed by atoms with Crippen molar-refractivity contribution in [2.45, 2.75) is 45.6 Å². The third kappa shape index (κ3) is 4.78. The van der Waals surface area contributed by atoms with Gasteiger partial charge >= 0.3 is 6.03 Å². The van der Waals surface area contributed by atoms with Crippen LogP contribution in [0, 0.1) is 5.82 Å². The Morgan fingerprint density at radius 1 is 1.25 bits per heavy atom. The largest absolute Gasteiger partial charge is 0.497 e. The lowest BCUT2D eigenvalue weighted by molar-refractivity contribution is -0.127. The summed E-state index contributed by atoms with van der Waals surface area (Å²) in [5, 5.41) is 5.10. The summed E-state index contributed by atoms with van der Waals surface area (Å²) in [6.07, 6.45) is 2.24. The summed E-state index contributed by atoms with van der Waals surface area (Å²) in [6, 6.07) is 9.17. The first kappa shape index (κ1) is 25.2. The Bertz CT molecular complexity index is 1240. The molecule has 0 saturated carbocycles. The van der Waals surface area contributed by atoms with E-state index in [0.29, 0.717) is 11.4 Å². The number of fused-ring (bicyclic) bond motifs is 1. The van der Waals surface area contributed by atoms with Crippen LogP contribution in [0.2, 0.25) is 0 Å². The van der Waals surface area contributed by atoms with Gasteiger partial charge in [-0.3, -0.25) is 9.59 Å². The molecule has 1 atom stereocenters. The molecule has 8 nitrogen and oxygen atoms in total. The summed E-state index contributed by atoms with van der Waals surface area (Å²) in [5.74, 6) is -0.885. The number of nitrogens with zero attached hydrogens (tertiary/aromatic N) is 2. The fourth-order valence-electron chi connectivity index (χ4n) is 5.12. The van der Waals surface area contributed by atoms with Crippen molar-refractivity contribution in [2.24, 2.45) is 0 Å². The van der Waals surface area contributed by atoms with Gasteiger partial charge in [-0.25, -0.2) is 14.1 Å². The number of amides is 4. The minimum Gasteiger partial charge on any atom is -0.497 e. The predicted molar refractivity (Wildman–Crippen MR) is 136 cm³/mol. The highest BCUT2D eigenvalue weighted by atomic mass is 19.1. The van der Waals surface area contributed by atoms with Crippen LogP contribution in [0.4, 0.5) is 20.6 Å². The predicted octanol–water partition coefficient (Wildman–Crippen LogP) is 4.48. The lowest BCUT2D eigenvalue weighted by atomic mass is 9.79. The Labute approximate surface area is 210 Å². The molecule has 2 aliphatic rings. The molecule has 1 fully saturated rings. The summed E-state index contributed by atoms with van der Waals surface area (Å²) in [6.45, 7) is 8.72. The average molecular weight is 495 g/mol. The minimum absolute atomic E-state index is 0.0766. The molecule has 0 spiro atoms. The van der Waals surface area contributed by atoms with Crippen molar-refractivity contribution in [3.8, 4) is 5.75 Å². The number of carbonyl (C=O) groups excluding carboxylic acids is 3. The van der Waals surface area contributed by atoms with E-state index in [9.17, 15) is 14.4 Å². The van der Waals surface area contributed by atoms with Gasteiger partial charge in [0.2, 0.25) is 5.91 Å². The topological polar surface area (TPSA) is 91.0 Å². The van der Waals surface area contributed by atoms with E-state index in [-0.39, 0.29) is 22.7 Å². The number of carbonyl (C=O) groups is 3. The maximum Gasteiger partial charge on any atom is 0.329 e. The van der Waals surface area contributed by atoms with E-state index in [1.54, 1.807) is 30.3 Å². The summed E-state index contributed by atoms with van der Waals surface area (Å²) in [5.41, 5.74) is 2.38. The van der Waals surface area contributed by atoms with Gasteiger partial charge in [-0.2, -0.15) is 0 Å². The number of nitrogens with one attached hydrogen (secondary N) is 2. The van der Waals surface area contributed by atoms with Crippen LogP contribution in [0.25, 0.3) is 6.08 Å². The Morgan fingerprint density at radius 2 is 1.94 bits per heavy atom. The molecule has 36 heavy (non-hydrogen) atoms. The quantitative estimate of drug-likeness (QED) is 0.457. The molecule has 0 bridgehead atoms. The molecule has 2 aliphatic heterocycles. The van der Waals surface area contributed by atoms with Gasteiger partial charge in [-0.1, -0.05) is 6.92 Å². The number of ether oxygens (including phenoxy) is 1. The number of urea groups is 1. The molecule has 1 unspecified atom stereocenters. The van der Waals surface area contributed by atoms with Crippen LogP contribution in [0.1, 0.15) is 51.2 Å². The molecule has 0 aromatic heterocycles. The molecule has 1 saturated heterocycles. The molecule has 0 aliphatic carbocycles. The van der Waals surface area contributed by atoms with E-state index in [0.717, 1.165) is 29.1 Å². The molecular formula is C27H31FN4O4. The number of hydrogen-bond donors (Lipinski definition) is 2. The van der Waals surface area contributed by atoms with Crippen LogP contribution in [0.15, 0.2) is 42.1 Å². The third-order valence-corrected chi connectivity index (χ3v) is 6.76. The van der Waals surface area contributed by atoms with E-state index in [1.165, 1.54) is 19.3 Å². The zero-order valence-electron chi connectivity index (χ0n) is 21.1. The van der Waals surface area contributed by atoms with Gasteiger partial charge in [0.15, 0.2) is 0 Å². The van der Waals surface area contributed by atoms with Gasteiger partial charge in [0.1, 0.15) is 23.8 Å². The second kappa shape index (κ2) is 9.64. The van der Waals surface area contributed by atoms with Crippen molar-refractivity contribution in [2.75, 3.05) is 30.4 Å². The van der Waals surface area contributed by atoms with Crippen LogP contribution in [-0.2, 0) is 9.59 Å². The smallest absolute Gasteiger partial charge is 0.329 e. The highest BCUT2D eigenvalue weighted by Gasteiger charge is 2.37. The van der Waals surface area contributed by atoms with E-state index in [1.807, 2.05) is 6.92 Å². The zero-order valence-corrected chi connectivity index (χ0v) is 21.1. The minimum atomic E-state index is -0.734. The molecule has 2 aromatic rings. The van der Waals surface area contributed by atoms with Crippen LogP contribution in [0.3, 0.4) is 0 Å². The molecule has 0 radical (unpaired) electrons. The highest BCUT2D eigenvalue weighted by Crippen LogP contribution is 2.44. The Balaban J connectivity index is 1.53. The van der Waals surface area contributed by atoms with Crippen LogP contribution >= 0.6 is 0 Å². The van der Waals surface area contributed by atoms with Gasteiger partial charge in [0, 0.05) is 29.0 Å². The van der Waals surface area contributed by atoms with E-state index >= 15 is 4.39 Å². The third-order valence-electron chi connectivity index (χ3n) is 6.76. The second-order valence-electron chi connectivity index (χ2n) is 9.75. The molecule has 4 amide bonds. The highest BCUT2D eigenvalue weighted by molar-refractivity contribution is 6.16. The van der Waals surface area contributed by atoms with Gasteiger partial charge < -0.3 is 20.3 Å². The molecular weight excluding hydrogens is 463 g/mol. The summed E-state index contributed by atoms with van der Waals surface area (Å²) in [7, 11) is 1.54. The summed E-state index contributed by atoms with van der Waals surface area (Å²) in [4.78, 5) is 40.7. The molecule has 4 rings (SSSR count). The molecule has 2 heterocycles. The number of hydrogen-bond acceptors (Lipinski definition) is 5. The fourth-order valence-corrected chi connectivity index (χ4v) is 5.12. The number of benzene rings is 2. The second-order valence-corrected chi connectivity index (χ2v) is 9.75. The first-order valence-electron chi connectivity index (χ1n) is 11.9. The standard InChI is InChI=1S/C27H31FN4O4/c1-6-32-23-13-21(28)17(11-20(23)16(2)14-27(32,3)4)12-22-25(34)31(26(35)30-22)15-24(33)29-18-7-9-19(36-5)10-8-18/h7-13,16H,6,14-15H2,1-5H3,(H,29,33)(H,30,35)/b22-12+. The van der Waals surface area contributed by atoms with Gasteiger partial charge in [0.05, 0.1) is 7.11 Å². The lowest BCUT2D eigenvalue weighted by Gasteiger charge is -2.47. The van der Waals surface area contributed by atoms with Gasteiger partial charge in [-0.05, 0) is 81.1 Å². The first-order valence-corrected chi connectivity index (χ1v) is 11.9. The van der Waals surface area contributed by atoms with Crippen molar-refractivity contribution in [1.29, 1.82) is 0 Å². The monoisotopic (exact) mass is 494 g/mol. The van der Waals surface area contributed by atoms with Gasteiger partial charge in [0.25, 0.3) is 5.91 Å². The molecule has 2 N–H and O–H groups in total. The summed E-state index contributed by atoms with van der Waals surface area (Å²) >= 11 is 0. The average Bonchev–Trinajstić information content (AvgIpc) is 3.07. The van der Waals surface area contributed by atoms with E-state index < -0.39 is 30.2 Å². The number of halogens is 1. The van der Waals surface area contributed by atoms with Crippen LogP contribution in [0.5, 0.6) is 5.75 Å². The number of imide groups is 1. The van der Waals surface area contributed by atoms with Crippen molar-refractivity contribution < 1.29 is 23.5 Å². The van der Waals surface area contributed by atoms with Crippen molar-refractivity contribution in [3.63, 3.8) is 0 Å². The van der Waals surface area contributed by atoms with E-state index in [4.69, 9.17) is 4.74 Å². The summed E-state index contributed by atoms with van der Waals surface area (Å²) < 4.78 is 20.2. The van der Waals surface area contributed by atoms with Crippen molar-refractivity contribution in [3.05, 3.63) is 59.0 Å². The van der Waals surface area contributed by atoms with Crippen LogP contribution in [-0.4, -0.2) is 48.5 Å². The maximum absolute atomic E-state index is 15.2. The molecule has 190 valence electrons. The van der Waals surface area contributed by atoms with Crippen molar-refractivity contribution >= 4 is 35.3 Å². The number of methoxy groups -OCH3 is 1. The van der Waals surface area contributed by atoms with E-state index in [2.05, 4.69) is 36.3 Å². The molecule has 9 heteroatoms. The Kier molecular flexibility index (Phi) is 6.75. The Morgan fingerprint density at radius 3 is 2.58 bits per heavy atom. The maximum atomic E-state index is 15.2. The molecule has 2 aromatic carbocycles.